The van der Waals surface area contributed by atoms with Crippen molar-refractivity contribution in [1.82, 2.24) is 10.2 Å². The molecule has 1 amide bonds. The molecular formula is C22H28N4O5. The summed E-state index contributed by atoms with van der Waals surface area (Å²) in [6.45, 7) is 3.29. The average molecular weight is 428 g/mol. The van der Waals surface area contributed by atoms with Gasteiger partial charge in [0.2, 0.25) is 0 Å². The van der Waals surface area contributed by atoms with Gasteiger partial charge in [-0.1, -0.05) is 12.1 Å². The predicted molar refractivity (Wildman–Crippen MR) is 117 cm³/mol. The van der Waals surface area contributed by atoms with Crippen molar-refractivity contribution in [2.45, 2.75) is 25.4 Å². The maximum absolute atomic E-state index is 12.4. The fraction of sp³-hybridized carbons (Fsp3) is 0.409. The largest absolute Gasteiger partial charge is 0.492 e. The maximum atomic E-state index is 12.4. The highest BCUT2D eigenvalue weighted by molar-refractivity contribution is 5.95. The summed E-state index contributed by atoms with van der Waals surface area (Å²) in [5.41, 5.74) is 6.37. The smallest absolute Gasteiger partial charge is 0.292 e. The summed E-state index contributed by atoms with van der Waals surface area (Å²) >= 11 is 0. The van der Waals surface area contributed by atoms with E-state index in [1.54, 1.807) is 0 Å². The molecule has 0 atom stereocenters. The molecule has 9 heteroatoms. The summed E-state index contributed by atoms with van der Waals surface area (Å²) in [6.07, 6.45) is 2.09. The SMILES string of the molecule is CN(CCOc1cccc(CNC(=O)c2ccc(N)c([N+](=O)[O-])c2)c1)C1CCOCC1. The number of hydrogen-bond donors (Lipinski definition) is 2. The van der Waals surface area contributed by atoms with Crippen molar-refractivity contribution in [2.75, 3.05) is 39.1 Å². The van der Waals surface area contributed by atoms with Crippen molar-refractivity contribution in [3.05, 3.63) is 63.7 Å². The number of rotatable bonds is 9. The van der Waals surface area contributed by atoms with Crippen LogP contribution < -0.4 is 15.8 Å². The Morgan fingerprint density at radius 1 is 1.29 bits per heavy atom. The molecule has 1 aliphatic heterocycles. The average Bonchev–Trinajstić information content (AvgIpc) is 2.78. The minimum Gasteiger partial charge on any atom is -0.492 e. The van der Waals surface area contributed by atoms with Crippen LogP contribution in [0, 0.1) is 10.1 Å². The van der Waals surface area contributed by atoms with Gasteiger partial charge >= 0.3 is 0 Å². The van der Waals surface area contributed by atoms with Gasteiger partial charge < -0.3 is 20.5 Å². The van der Waals surface area contributed by atoms with E-state index in [0.717, 1.165) is 43.9 Å². The molecule has 0 saturated carbocycles. The molecule has 1 heterocycles. The van der Waals surface area contributed by atoms with Gasteiger partial charge in [0, 0.05) is 44.0 Å². The summed E-state index contributed by atoms with van der Waals surface area (Å²) in [5.74, 6) is 0.322. The number of hydrogen-bond acceptors (Lipinski definition) is 7. The number of nitrogens with one attached hydrogen (secondary N) is 1. The molecule has 0 bridgehead atoms. The van der Waals surface area contributed by atoms with E-state index < -0.39 is 10.8 Å². The van der Waals surface area contributed by atoms with Gasteiger partial charge in [0.1, 0.15) is 18.0 Å². The van der Waals surface area contributed by atoms with Gasteiger partial charge in [-0.05, 0) is 49.7 Å². The molecule has 0 unspecified atom stereocenters. The van der Waals surface area contributed by atoms with Crippen LogP contribution in [0.3, 0.4) is 0 Å². The topological polar surface area (TPSA) is 120 Å². The lowest BCUT2D eigenvalue weighted by Crippen LogP contribution is -2.38. The molecule has 1 fully saturated rings. The molecule has 3 N–H and O–H groups in total. The van der Waals surface area contributed by atoms with Crippen molar-refractivity contribution >= 4 is 17.3 Å². The van der Waals surface area contributed by atoms with Gasteiger partial charge in [-0.25, -0.2) is 0 Å². The number of anilines is 1. The second-order valence-electron chi connectivity index (χ2n) is 7.53. The highest BCUT2D eigenvalue weighted by Gasteiger charge is 2.18. The molecule has 0 spiro atoms. The van der Waals surface area contributed by atoms with Crippen LogP contribution in [0.25, 0.3) is 0 Å². The number of nitro benzene ring substituents is 1. The molecule has 3 rings (SSSR count). The molecule has 1 aliphatic rings. The Hall–Kier alpha value is -3.17. The number of nitro groups is 1. The molecule has 31 heavy (non-hydrogen) atoms. The Morgan fingerprint density at radius 2 is 2.06 bits per heavy atom. The monoisotopic (exact) mass is 428 g/mol. The van der Waals surface area contributed by atoms with E-state index in [2.05, 4.69) is 17.3 Å². The number of nitrogens with two attached hydrogens (primary N) is 1. The lowest BCUT2D eigenvalue weighted by molar-refractivity contribution is -0.383. The Balaban J connectivity index is 1.49. The van der Waals surface area contributed by atoms with Crippen molar-refractivity contribution in [3.63, 3.8) is 0 Å². The van der Waals surface area contributed by atoms with Gasteiger partial charge in [-0.15, -0.1) is 0 Å². The summed E-state index contributed by atoms with van der Waals surface area (Å²) < 4.78 is 11.3. The third-order valence-electron chi connectivity index (χ3n) is 5.37. The zero-order valence-electron chi connectivity index (χ0n) is 17.6. The zero-order chi connectivity index (χ0) is 22.2. The van der Waals surface area contributed by atoms with Gasteiger partial charge in [-0.3, -0.25) is 19.8 Å². The Kier molecular flexibility index (Phi) is 7.80. The quantitative estimate of drug-likeness (QED) is 0.358. The number of nitrogen functional groups attached to an aromatic ring is 1. The summed E-state index contributed by atoms with van der Waals surface area (Å²) in [6, 6.07) is 12.0. The second kappa shape index (κ2) is 10.7. The van der Waals surface area contributed by atoms with Crippen molar-refractivity contribution < 1.29 is 19.2 Å². The first kappa shape index (κ1) is 22.5. The number of likely N-dealkylation sites (N-methyl/N-ethyl adjacent to an activating group) is 1. The van der Waals surface area contributed by atoms with Crippen LogP contribution in [-0.4, -0.2) is 55.2 Å². The highest BCUT2D eigenvalue weighted by Crippen LogP contribution is 2.22. The molecule has 0 aromatic heterocycles. The fourth-order valence-corrected chi connectivity index (χ4v) is 3.49. The van der Waals surface area contributed by atoms with Crippen LogP contribution in [0.2, 0.25) is 0 Å². The molecule has 0 aliphatic carbocycles. The summed E-state index contributed by atoms with van der Waals surface area (Å²) in [4.78, 5) is 25.1. The molecule has 9 nitrogen and oxygen atoms in total. The van der Waals surface area contributed by atoms with E-state index in [1.807, 2.05) is 24.3 Å². The van der Waals surface area contributed by atoms with Crippen LogP contribution in [0.5, 0.6) is 5.75 Å². The van der Waals surface area contributed by atoms with Gasteiger partial charge in [-0.2, -0.15) is 0 Å². The number of carbonyl (C=O) groups excluding carboxylic acids is 1. The molecule has 0 radical (unpaired) electrons. The molecule has 1 saturated heterocycles. The number of carbonyl (C=O) groups is 1. The summed E-state index contributed by atoms with van der Waals surface area (Å²) in [7, 11) is 2.10. The van der Waals surface area contributed by atoms with Crippen molar-refractivity contribution in [1.29, 1.82) is 0 Å². The second-order valence-corrected chi connectivity index (χ2v) is 7.53. The normalized spacial score (nSPS) is 14.4. The van der Waals surface area contributed by atoms with Crippen LogP contribution in [0.4, 0.5) is 11.4 Å². The van der Waals surface area contributed by atoms with Crippen LogP contribution in [-0.2, 0) is 11.3 Å². The minimum atomic E-state index is -0.605. The summed E-state index contributed by atoms with van der Waals surface area (Å²) in [5, 5.41) is 13.8. The molecule has 166 valence electrons. The minimum absolute atomic E-state index is 0.0221. The van der Waals surface area contributed by atoms with Crippen molar-refractivity contribution in [2.24, 2.45) is 0 Å². The van der Waals surface area contributed by atoms with Gasteiger partial charge in [0.15, 0.2) is 0 Å². The van der Waals surface area contributed by atoms with E-state index in [0.29, 0.717) is 12.6 Å². The van der Waals surface area contributed by atoms with E-state index in [-0.39, 0.29) is 23.5 Å². The molecule has 2 aromatic rings. The maximum Gasteiger partial charge on any atom is 0.292 e. The lowest BCUT2D eigenvalue weighted by atomic mass is 10.1. The zero-order valence-corrected chi connectivity index (χ0v) is 17.6. The van der Waals surface area contributed by atoms with Crippen LogP contribution >= 0.6 is 0 Å². The highest BCUT2D eigenvalue weighted by atomic mass is 16.6. The first-order valence-corrected chi connectivity index (χ1v) is 10.3. The van der Waals surface area contributed by atoms with Crippen LogP contribution in [0.15, 0.2) is 42.5 Å². The molecule has 2 aromatic carbocycles. The third kappa shape index (κ3) is 6.40. The molecular weight excluding hydrogens is 400 g/mol. The third-order valence-corrected chi connectivity index (χ3v) is 5.37. The van der Waals surface area contributed by atoms with Gasteiger partial charge in [0.05, 0.1) is 4.92 Å². The number of amides is 1. The first-order valence-electron chi connectivity index (χ1n) is 10.3. The van der Waals surface area contributed by atoms with E-state index in [4.69, 9.17) is 15.2 Å². The predicted octanol–water partition coefficient (Wildman–Crippen LogP) is 2.60. The number of ether oxygens (including phenoxy) is 2. The standard InChI is InChI=1S/C22H28N4O5/c1-25(18-7-10-30-11-8-18)9-12-31-19-4-2-3-16(13-19)15-24-22(27)17-5-6-20(23)21(14-17)26(28)29/h2-6,13-14,18H,7-12,15,23H2,1H3,(H,24,27). The Labute approximate surface area is 181 Å². The van der Waals surface area contributed by atoms with E-state index >= 15 is 0 Å². The van der Waals surface area contributed by atoms with E-state index in [9.17, 15) is 14.9 Å². The Bertz CT molecular complexity index is 915. The van der Waals surface area contributed by atoms with Crippen LogP contribution in [0.1, 0.15) is 28.8 Å². The lowest BCUT2D eigenvalue weighted by Gasteiger charge is -2.31. The number of nitrogens with zero attached hydrogens (tertiary/aromatic N) is 2. The Morgan fingerprint density at radius 3 is 2.81 bits per heavy atom. The first-order chi connectivity index (χ1) is 14.9. The van der Waals surface area contributed by atoms with Gasteiger partial charge in [0.25, 0.3) is 11.6 Å². The van der Waals surface area contributed by atoms with Crippen molar-refractivity contribution in [3.8, 4) is 5.75 Å². The van der Waals surface area contributed by atoms with E-state index in [1.165, 1.54) is 18.2 Å². The number of benzene rings is 2. The fourth-order valence-electron chi connectivity index (χ4n) is 3.49.